The van der Waals surface area contributed by atoms with Crippen LogP contribution in [0.4, 0.5) is 0 Å². The molecule has 0 spiro atoms. The van der Waals surface area contributed by atoms with E-state index in [0.29, 0.717) is 5.54 Å². The van der Waals surface area contributed by atoms with Crippen molar-refractivity contribution in [3.8, 4) is 0 Å². The lowest BCUT2D eigenvalue weighted by molar-refractivity contribution is 0.0962. The summed E-state index contributed by atoms with van der Waals surface area (Å²) in [6.45, 7) is 11.4. The highest BCUT2D eigenvalue weighted by Crippen LogP contribution is 2.20. The van der Waals surface area contributed by atoms with Gasteiger partial charge in [-0.3, -0.25) is 4.90 Å². The first-order valence-corrected chi connectivity index (χ1v) is 6.18. The number of hydrogen-bond donors (Lipinski definition) is 1. The second-order valence-corrected chi connectivity index (χ2v) is 5.34. The maximum Gasteiger partial charge on any atom is 0.0226 e. The van der Waals surface area contributed by atoms with E-state index in [2.05, 4.69) is 41.6 Å². The van der Waals surface area contributed by atoms with Crippen LogP contribution in [0.1, 0.15) is 20.8 Å². The summed E-state index contributed by atoms with van der Waals surface area (Å²) in [4.78, 5) is 2.52. The Hall–Kier alpha value is 0.620. The maximum atomic E-state index is 4.19. The summed E-state index contributed by atoms with van der Waals surface area (Å²) in [7, 11) is 1.56. The lowest BCUT2D eigenvalue weighted by atomic mass is 10.1. The van der Waals surface area contributed by atoms with E-state index in [9.17, 15) is 0 Å². The van der Waals surface area contributed by atoms with Gasteiger partial charge in [-0.25, -0.2) is 4.31 Å². The van der Waals surface area contributed by atoms with Crippen molar-refractivity contribution >= 4 is 22.6 Å². The van der Waals surface area contributed by atoms with Gasteiger partial charge in [-0.2, -0.15) is 0 Å². The van der Waals surface area contributed by atoms with Crippen LogP contribution >= 0.6 is 22.6 Å². The van der Waals surface area contributed by atoms with Gasteiger partial charge in [0.15, 0.2) is 0 Å². The second kappa shape index (κ2) is 4.22. The number of rotatable bonds is 1. The van der Waals surface area contributed by atoms with Gasteiger partial charge in [-0.1, -0.05) is 11.7 Å². The molecule has 0 bridgehead atoms. The molecule has 1 fully saturated rings. The molecule has 0 aliphatic carbocycles. The zero-order chi connectivity index (χ0) is 9.19. The molecule has 0 N–H and O–H groups in total. The molecule has 1 saturated heterocycles. The smallest absolute Gasteiger partial charge is 0.0226 e. The van der Waals surface area contributed by atoms with Crippen LogP contribution in [0.5, 0.6) is 0 Å². The van der Waals surface area contributed by atoms with Crippen LogP contribution in [0.3, 0.4) is 0 Å². The van der Waals surface area contributed by atoms with Crippen molar-refractivity contribution in [2.45, 2.75) is 26.3 Å². The fraction of sp³-hybridized carbons (Fsp3) is 1.00. The fourth-order valence-electron chi connectivity index (χ4n) is 1.44. The molecule has 12 heavy (non-hydrogen) atoms. The summed E-state index contributed by atoms with van der Waals surface area (Å²) in [6, 6.07) is 0. The van der Waals surface area contributed by atoms with Gasteiger partial charge in [0, 0.05) is 31.7 Å². The monoisotopic (exact) mass is 206 g/mol. The fourth-order valence-corrected chi connectivity index (χ4v) is 2.26. The van der Waals surface area contributed by atoms with Gasteiger partial charge in [-0.15, -0.1) is 0 Å². The van der Waals surface area contributed by atoms with Crippen molar-refractivity contribution in [3.05, 3.63) is 0 Å². The standard InChI is InChI=1S/C8H18N2S2/c1-8(2,3)9-4-6-10(12-11)7-5-9/h11H,4-7H2,1-3H3. The number of nitrogens with zero attached hydrogens (tertiary/aromatic N) is 2. The molecule has 0 aromatic heterocycles. The third-order valence-corrected chi connectivity index (χ3v) is 3.59. The summed E-state index contributed by atoms with van der Waals surface area (Å²) in [5.74, 6) is 0. The lowest BCUT2D eigenvalue weighted by Gasteiger charge is -2.41. The molecule has 0 atom stereocenters. The summed E-state index contributed by atoms with van der Waals surface area (Å²) >= 11 is 4.19. The highest BCUT2D eigenvalue weighted by molar-refractivity contribution is 8.67. The molecule has 1 rings (SSSR count). The summed E-state index contributed by atoms with van der Waals surface area (Å²) in [6.07, 6.45) is 0. The van der Waals surface area contributed by atoms with Gasteiger partial charge in [0.2, 0.25) is 0 Å². The molecular formula is C8H18N2S2. The molecule has 1 aliphatic heterocycles. The molecule has 72 valence electrons. The summed E-state index contributed by atoms with van der Waals surface area (Å²) in [5, 5.41) is 0. The Morgan fingerprint density at radius 1 is 1.08 bits per heavy atom. The van der Waals surface area contributed by atoms with E-state index >= 15 is 0 Å². The van der Waals surface area contributed by atoms with Crippen molar-refractivity contribution in [1.29, 1.82) is 0 Å². The Morgan fingerprint density at radius 3 is 1.92 bits per heavy atom. The Morgan fingerprint density at radius 2 is 1.58 bits per heavy atom. The largest absolute Gasteiger partial charge is 0.296 e. The van der Waals surface area contributed by atoms with Crippen LogP contribution in [0.25, 0.3) is 0 Å². The first kappa shape index (κ1) is 10.7. The number of hydrogen-bond acceptors (Lipinski definition) is 4. The Kier molecular flexibility index (Phi) is 3.76. The highest BCUT2D eigenvalue weighted by Gasteiger charge is 2.25. The molecule has 1 aliphatic rings. The van der Waals surface area contributed by atoms with E-state index in [1.54, 1.807) is 11.0 Å². The highest BCUT2D eigenvalue weighted by atomic mass is 33.1. The van der Waals surface area contributed by atoms with E-state index in [1.807, 2.05) is 0 Å². The predicted octanol–water partition coefficient (Wildman–Crippen LogP) is 1.90. The van der Waals surface area contributed by atoms with Crippen LogP contribution in [-0.2, 0) is 0 Å². The van der Waals surface area contributed by atoms with E-state index in [4.69, 9.17) is 0 Å². The number of thiol groups is 1. The zero-order valence-electron chi connectivity index (χ0n) is 8.08. The van der Waals surface area contributed by atoms with E-state index in [0.717, 1.165) is 26.2 Å². The van der Waals surface area contributed by atoms with Gasteiger partial charge < -0.3 is 0 Å². The van der Waals surface area contributed by atoms with Gasteiger partial charge in [-0.05, 0) is 31.8 Å². The molecule has 0 radical (unpaired) electrons. The second-order valence-electron chi connectivity index (χ2n) is 4.17. The molecule has 2 nitrogen and oxygen atoms in total. The molecule has 0 unspecified atom stereocenters. The van der Waals surface area contributed by atoms with Crippen LogP contribution in [-0.4, -0.2) is 40.9 Å². The Bertz CT molecular complexity index is 136. The molecule has 0 aromatic carbocycles. The van der Waals surface area contributed by atoms with Gasteiger partial charge in [0.05, 0.1) is 0 Å². The van der Waals surface area contributed by atoms with E-state index in [-0.39, 0.29) is 0 Å². The molecule has 0 saturated carbocycles. The van der Waals surface area contributed by atoms with Gasteiger partial charge >= 0.3 is 0 Å². The Balaban J connectivity index is 2.36. The Labute approximate surface area is 84.6 Å². The van der Waals surface area contributed by atoms with Crippen molar-refractivity contribution in [3.63, 3.8) is 0 Å². The van der Waals surface area contributed by atoms with E-state index < -0.39 is 0 Å². The molecule has 0 aromatic rings. The van der Waals surface area contributed by atoms with E-state index in [1.165, 1.54) is 0 Å². The SMILES string of the molecule is CC(C)(C)N1CCN(SS)CC1. The topological polar surface area (TPSA) is 6.48 Å². The first-order chi connectivity index (χ1) is 5.54. The minimum absolute atomic E-state index is 0.327. The average Bonchev–Trinajstić information content (AvgIpc) is 2.03. The number of piperazine rings is 1. The van der Waals surface area contributed by atoms with Crippen molar-refractivity contribution in [2.24, 2.45) is 0 Å². The quantitative estimate of drug-likeness (QED) is 0.398. The van der Waals surface area contributed by atoms with Crippen LogP contribution in [0.15, 0.2) is 0 Å². The minimum Gasteiger partial charge on any atom is -0.296 e. The van der Waals surface area contributed by atoms with Crippen LogP contribution < -0.4 is 0 Å². The third-order valence-electron chi connectivity index (χ3n) is 2.30. The normalized spacial score (nSPS) is 23.0. The molecule has 0 amide bonds. The summed E-state index contributed by atoms with van der Waals surface area (Å²) < 4.78 is 2.30. The van der Waals surface area contributed by atoms with Crippen molar-refractivity contribution in [2.75, 3.05) is 26.2 Å². The van der Waals surface area contributed by atoms with Gasteiger partial charge in [0.1, 0.15) is 0 Å². The first-order valence-electron chi connectivity index (χ1n) is 4.35. The van der Waals surface area contributed by atoms with Crippen molar-refractivity contribution in [1.82, 2.24) is 9.21 Å². The molecule has 1 heterocycles. The molecular weight excluding hydrogens is 188 g/mol. The van der Waals surface area contributed by atoms with Crippen molar-refractivity contribution < 1.29 is 0 Å². The van der Waals surface area contributed by atoms with Gasteiger partial charge in [0.25, 0.3) is 0 Å². The summed E-state index contributed by atoms with van der Waals surface area (Å²) in [5.41, 5.74) is 0.327. The minimum atomic E-state index is 0.327. The third kappa shape index (κ3) is 2.83. The molecule has 4 heteroatoms. The lowest BCUT2D eigenvalue weighted by Crippen LogP contribution is -2.51. The predicted molar refractivity (Wildman–Crippen MR) is 59.5 cm³/mol. The van der Waals surface area contributed by atoms with Crippen LogP contribution in [0.2, 0.25) is 0 Å². The average molecular weight is 206 g/mol. The maximum absolute atomic E-state index is 4.19. The van der Waals surface area contributed by atoms with Crippen LogP contribution in [0, 0.1) is 0 Å². The zero-order valence-corrected chi connectivity index (χ0v) is 9.79.